The molecule has 2 heterocycles. The van der Waals surface area contributed by atoms with E-state index in [9.17, 15) is 0 Å². The molecule has 1 aromatic rings. The van der Waals surface area contributed by atoms with Crippen LogP contribution in [0.2, 0.25) is 5.15 Å². The van der Waals surface area contributed by atoms with E-state index in [4.69, 9.17) is 16.3 Å². The lowest BCUT2D eigenvalue weighted by atomic mass is 10.1. The Morgan fingerprint density at radius 2 is 2.56 bits per heavy atom. The summed E-state index contributed by atoms with van der Waals surface area (Å²) in [6.07, 6.45) is 2.68. The van der Waals surface area contributed by atoms with E-state index in [0.29, 0.717) is 17.2 Å². The maximum atomic E-state index is 6.05. The Kier molecular flexibility index (Phi) is 5.24. The van der Waals surface area contributed by atoms with Crippen LogP contribution in [0.3, 0.4) is 0 Å². The molecule has 6 heteroatoms. The predicted molar refractivity (Wildman–Crippen MR) is 77.3 cm³/mol. The van der Waals surface area contributed by atoms with Gasteiger partial charge in [0.1, 0.15) is 0 Å². The van der Waals surface area contributed by atoms with E-state index in [1.54, 1.807) is 6.20 Å². The molecule has 0 aromatic carbocycles. The molecule has 2 atom stereocenters. The molecule has 2 rings (SSSR count). The highest BCUT2D eigenvalue weighted by Crippen LogP contribution is 2.24. The zero-order valence-electron chi connectivity index (χ0n) is 10.2. The number of rotatable bonds is 4. The van der Waals surface area contributed by atoms with Crippen LogP contribution in [-0.2, 0) is 4.74 Å². The Morgan fingerprint density at radius 3 is 3.28 bits per heavy atom. The highest BCUT2D eigenvalue weighted by Gasteiger charge is 2.16. The van der Waals surface area contributed by atoms with Crippen molar-refractivity contribution >= 4 is 33.2 Å². The summed E-state index contributed by atoms with van der Waals surface area (Å²) >= 11 is 9.44. The van der Waals surface area contributed by atoms with Gasteiger partial charge in [-0.2, -0.15) is 0 Å². The molecule has 2 unspecified atom stereocenters. The summed E-state index contributed by atoms with van der Waals surface area (Å²) in [5.74, 6) is 0. The maximum absolute atomic E-state index is 6.05. The lowest BCUT2D eigenvalue weighted by Gasteiger charge is -2.27. The number of nitrogens with zero attached hydrogens (tertiary/aromatic N) is 1. The number of ether oxygens (including phenoxy) is 1. The fourth-order valence-electron chi connectivity index (χ4n) is 2.05. The fraction of sp³-hybridized carbons (Fsp3) is 0.583. The van der Waals surface area contributed by atoms with Gasteiger partial charge in [-0.25, -0.2) is 4.98 Å². The summed E-state index contributed by atoms with van der Waals surface area (Å²) in [5.41, 5.74) is 0.857. The number of hydrogen-bond donors (Lipinski definition) is 2. The molecule has 0 spiro atoms. The van der Waals surface area contributed by atoms with Gasteiger partial charge in [0, 0.05) is 29.3 Å². The first-order chi connectivity index (χ1) is 8.65. The summed E-state index contributed by atoms with van der Waals surface area (Å²) in [6, 6.07) is 2.65. The molecule has 0 bridgehead atoms. The monoisotopic (exact) mass is 333 g/mol. The molecule has 1 saturated heterocycles. The quantitative estimate of drug-likeness (QED) is 0.831. The van der Waals surface area contributed by atoms with Crippen LogP contribution in [0.1, 0.15) is 13.3 Å². The Hall–Kier alpha value is -0.360. The van der Waals surface area contributed by atoms with E-state index < -0.39 is 0 Å². The lowest BCUT2D eigenvalue weighted by Crippen LogP contribution is -2.43. The standard InChI is InChI=1S/C12H17BrClN3O/c1-8(4-10-7-18-3-2-15-10)17-11-5-9(13)6-16-12(11)14/h5-6,8,10,15,17H,2-4,7H2,1H3. The molecule has 0 amide bonds. The Bertz CT molecular complexity index is 399. The molecule has 100 valence electrons. The van der Waals surface area contributed by atoms with Crippen molar-refractivity contribution in [1.29, 1.82) is 0 Å². The van der Waals surface area contributed by atoms with Gasteiger partial charge in [-0.1, -0.05) is 11.6 Å². The van der Waals surface area contributed by atoms with E-state index in [0.717, 1.165) is 36.3 Å². The predicted octanol–water partition coefficient (Wildman–Crippen LogP) is 2.68. The number of halogens is 2. The second-order valence-corrected chi connectivity index (χ2v) is 5.77. The largest absolute Gasteiger partial charge is 0.380 e. The summed E-state index contributed by atoms with van der Waals surface area (Å²) in [5, 5.41) is 7.32. The van der Waals surface area contributed by atoms with Crippen molar-refractivity contribution in [3.05, 3.63) is 21.9 Å². The molecular weight excluding hydrogens is 318 g/mol. The third-order valence-electron chi connectivity index (χ3n) is 2.84. The van der Waals surface area contributed by atoms with Crippen LogP contribution >= 0.6 is 27.5 Å². The van der Waals surface area contributed by atoms with Crippen molar-refractivity contribution in [1.82, 2.24) is 10.3 Å². The number of morpholine rings is 1. The molecule has 1 aromatic heterocycles. The first kappa shape index (κ1) is 14.1. The van der Waals surface area contributed by atoms with Crippen molar-refractivity contribution in [2.45, 2.75) is 25.4 Å². The zero-order valence-corrected chi connectivity index (χ0v) is 12.6. The summed E-state index contributed by atoms with van der Waals surface area (Å²) < 4.78 is 6.36. The molecule has 1 aliphatic rings. The van der Waals surface area contributed by atoms with Gasteiger partial charge in [0.25, 0.3) is 0 Å². The van der Waals surface area contributed by atoms with E-state index >= 15 is 0 Å². The Labute approximate surface area is 121 Å². The fourth-order valence-corrected chi connectivity index (χ4v) is 2.54. The third kappa shape index (κ3) is 4.09. The number of aromatic nitrogens is 1. The number of anilines is 1. The summed E-state index contributed by atoms with van der Waals surface area (Å²) in [6.45, 7) is 4.64. The van der Waals surface area contributed by atoms with E-state index in [-0.39, 0.29) is 0 Å². The Morgan fingerprint density at radius 1 is 1.72 bits per heavy atom. The van der Waals surface area contributed by atoms with Crippen molar-refractivity contribution in [3.8, 4) is 0 Å². The van der Waals surface area contributed by atoms with Gasteiger partial charge in [0.05, 0.1) is 18.9 Å². The van der Waals surface area contributed by atoms with Gasteiger partial charge < -0.3 is 15.4 Å². The minimum Gasteiger partial charge on any atom is -0.380 e. The van der Waals surface area contributed by atoms with Crippen LogP contribution in [-0.4, -0.2) is 36.8 Å². The molecule has 1 fully saturated rings. The summed E-state index contributed by atoms with van der Waals surface area (Å²) in [4.78, 5) is 4.09. The van der Waals surface area contributed by atoms with E-state index in [1.165, 1.54) is 0 Å². The maximum Gasteiger partial charge on any atom is 0.152 e. The molecule has 4 nitrogen and oxygen atoms in total. The average molecular weight is 335 g/mol. The second-order valence-electron chi connectivity index (χ2n) is 4.50. The van der Waals surface area contributed by atoms with Gasteiger partial charge in [-0.05, 0) is 35.3 Å². The minimum absolute atomic E-state index is 0.304. The highest BCUT2D eigenvalue weighted by molar-refractivity contribution is 9.10. The van der Waals surface area contributed by atoms with E-state index in [1.807, 2.05) is 6.07 Å². The number of pyridine rings is 1. The van der Waals surface area contributed by atoms with Gasteiger partial charge in [0.2, 0.25) is 0 Å². The SMILES string of the molecule is CC(CC1COCCN1)Nc1cc(Br)cnc1Cl. The van der Waals surface area contributed by atoms with Crippen LogP contribution in [0.4, 0.5) is 5.69 Å². The Balaban J connectivity index is 1.89. The third-order valence-corrected chi connectivity index (χ3v) is 3.58. The zero-order chi connectivity index (χ0) is 13.0. The van der Waals surface area contributed by atoms with Crippen molar-refractivity contribution in [3.63, 3.8) is 0 Å². The van der Waals surface area contributed by atoms with Gasteiger partial charge in [0.15, 0.2) is 5.15 Å². The van der Waals surface area contributed by atoms with Crippen molar-refractivity contribution < 1.29 is 4.74 Å². The number of nitrogens with one attached hydrogen (secondary N) is 2. The minimum atomic E-state index is 0.304. The van der Waals surface area contributed by atoms with Crippen LogP contribution in [0.15, 0.2) is 16.7 Å². The molecule has 1 aliphatic heterocycles. The molecular formula is C12H17BrClN3O. The second kappa shape index (κ2) is 6.70. The van der Waals surface area contributed by atoms with Crippen LogP contribution in [0.25, 0.3) is 0 Å². The highest BCUT2D eigenvalue weighted by atomic mass is 79.9. The van der Waals surface area contributed by atoms with Crippen LogP contribution in [0, 0.1) is 0 Å². The number of hydrogen-bond acceptors (Lipinski definition) is 4. The molecule has 0 saturated carbocycles. The first-order valence-corrected chi connectivity index (χ1v) is 7.21. The summed E-state index contributed by atoms with van der Waals surface area (Å²) in [7, 11) is 0. The normalized spacial score (nSPS) is 21.6. The average Bonchev–Trinajstić information content (AvgIpc) is 2.35. The van der Waals surface area contributed by atoms with Crippen molar-refractivity contribution in [2.75, 3.05) is 25.1 Å². The van der Waals surface area contributed by atoms with Gasteiger partial charge in [-0.15, -0.1) is 0 Å². The topological polar surface area (TPSA) is 46.2 Å². The molecule has 2 N–H and O–H groups in total. The van der Waals surface area contributed by atoms with E-state index in [2.05, 4.69) is 38.5 Å². The molecule has 18 heavy (non-hydrogen) atoms. The molecule has 0 aliphatic carbocycles. The first-order valence-electron chi connectivity index (χ1n) is 6.04. The van der Waals surface area contributed by atoms with Gasteiger partial charge in [-0.3, -0.25) is 0 Å². The lowest BCUT2D eigenvalue weighted by molar-refractivity contribution is 0.0731. The van der Waals surface area contributed by atoms with Crippen LogP contribution < -0.4 is 10.6 Å². The molecule has 0 radical (unpaired) electrons. The van der Waals surface area contributed by atoms with Crippen molar-refractivity contribution in [2.24, 2.45) is 0 Å². The van der Waals surface area contributed by atoms with Crippen LogP contribution in [0.5, 0.6) is 0 Å². The smallest absolute Gasteiger partial charge is 0.152 e. The van der Waals surface area contributed by atoms with Gasteiger partial charge >= 0.3 is 0 Å².